The van der Waals surface area contributed by atoms with Gasteiger partial charge in [-0.25, -0.2) is 0 Å². The molecule has 0 saturated carbocycles. The van der Waals surface area contributed by atoms with Gasteiger partial charge >= 0.3 is 0 Å². The van der Waals surface area contributed by atoms with Gasteiger partial charge in [0.25, 0.3) is 0 Å². The van der Waals surface area contributed by atoms with Crippen molar-refractivity contribution in [3.63, 3.8) is 0 Å². The van der Waals surface area contributed by atoms with Gasteiger partial charge in [-0.3, -0.25) is 0 Å². The summed E-state index contributed by atoms with van der Waals surface area (Å²) in [5.74, 6) is 0.115. The Hall–Kier alpha value is -4.01. The van der Waals surface area contributed by atoms with E-state index in [2.05, 4.69) is 146 Å². The molecule has 2 atom stereocenters. The van der Waals surface area contributed by atoms with Gasteiger partial charge < -0.3 is 10.6 Å². The summed E-state index contributed by atoms with van der Waals surface area (Å²) in [5, 5.41) is 8.07. The fraction of sp³-hybridized carbons (Fsp3) is 0.189. The molecule has 0 amide bonds. The number of hydrogen-bond donors (Lipinski definition) is 2. The largest absolute Gasteiger partial charge is 0.382 e. The maximum atomic E-state index is 6.25. The van der Waals surface area contributed by atoms with Crippen LogP contribution in [0.1, 0.15) is 47.6 Å². The van der Waals surface area contributed by atoms with E-state index in [0.29, 0.717) is 12.1 Å². The van der Waals surface area contributed by atoms with Gasteiger partial charge in [0.2, 0.25) is 0 Å². The SMILES string of the molecule is CC(Cc1ccccc1)Nc1ccc(C(c2ccc(Cl)cc2)c2ccc(NC(C)Cc3ccccc3)cc2)cc1. The van der Waals surface area contributed by atoms with Crippen molar-refractivity contribution in [1.82, 2.24) is 0 Å². The molecule has 0 aliphatic carbocycles. The topological polar surface area (TPSA) is 24.1 Å². The second-order valence-corrected chi connectivity index (χ2v) is 11.1. The van der Waals surface area contributed by atoms with E-state index in [1.54, 1.807) is 0 Å². The van der Waals surface area contributed by atoms with Crippen molar-refractivity contribution >= 4 is 23.0 Å². The van der Waals surface area contributed by atoms with Crippen LogP contribution in [0, 0.1) is 0 Å². The molecule has 5 aromatic rings. The third kappa shape index (κ3) is 7.55. The molecule has 0 aliphatic heterocycles. The molecule has 2 nitrogen and oxygen atoms in total. The fourth-order valence-corrected chi connectivity index (χ4v) is 5.51. The summed E-state index contributed by atoms with van der Waals surface area (Å²) in [6.07, 6.45) is 1.97. The Bertz CT molecular complexity index is 1350. The minimum Gasteiger partial charge on any atom is -0.382 e. The van der Waals surface area contributed by atoms with Crippen LogP contribution in [0.5, 0.6) is 0 Å². The minimum absolute atomic E-state index is 0.115. The first-order valence-electron chi connectivity index (χ1n) is 14.1. The molecule has 40 heavy (non-hydrogen) atoms. The van der Waals surface area contributed by atoms with Crippen LogP contribution in [-0.4, -0.2) is 12.1 Å². The van der Waals surface area contributed by atoms with Gasteiger partial charge in [0.15, 0.2) is 0 Å². The van der Waals surface area contributed by atoms with Crippen LogP contribution >= 0.6 is 11.6 Å². The highest BCUT2D eigenvalue weighted by Gasteiger charge is 2.17. The standard InChI is InChI=1S/C37H37ClN2/c1-27(25-29-9-5-3-6-10-29)39-35-21-15-32(16-22-35)37(31-13-19-34(38)20-14-31)33-17-23-36(24-18-33)40-28(2)26-30-11-7-4-8-12-30/h3-24,27-28,37,39-40H,25-26H2,1-2H3. The van der Waals surface area contributed by atoms with Crippen LogP contribution in [0.25, 0.3) is 0 Å². The molecule has 202 valence electrons. The van der Waals surface area contributed by atoms with E-state index in [9.17, 15) is 0 Å². The van der Waals surface area contributed by atoms with E-state index in [1.807, 2.05) is 12.1 Å². The molecule has 0 fully saturated rings. The summed E-state index contributed by atoms with van der Waals surface area (Å²) in [7, 11) is 0. The lowest BCUT2D eigenvalue weighted by Gasteiger charge is -2.21. The van der Waals surface area contributed by atoms with E-state index in [4.69, 9.17) is 11.6 Å². The van der Waals surface area contributed by atoms with E-state index < -0.39 is 0 Å². The molecule has 0 aliphatic rings. The molecule has 0 radical (unpaired) electrons. The van der Waals surface area contributed by atoms with Gasteiger partial charge in [-0.15, -0.1) is 0 Å². The molecular formula is C37H37ClN2. The molecule has 5 aromatic carbocycles. The van der Waals surface area contributed by atoms with Crippen LogP contribution in [0.4, 0.5) is 11.4 Å². The van der Waals surface area contributed by atoms with Crippen LogP contribution in [0.2, 0.25) is 5.02 Å². The lowest BCUT2D eigenvalue weighted by molar-refractivity contribution is 0.790. The average Bonchev–Trinajstić information content (AvgIpc) is 2.97. The summed E-state index contributed by atoms with van der Waals surface area (Å²) in [6, 6.07) is 47.9. The van der Waals surface area contributed by atoms with Crippen molar-refractivity contribution in [2.45, 2.75) is 44.7 Å². The molecule has 0 aromatic heterocycles. The first-order valence-corrected chi connectivity index (χ1v) is 14.5. The molecule has 2 unspecified atom stereocenters. The molecule has 0 bridgehead atoms. The van der Waals surface area contributed by atoms with Crippen molar-refractivity contribution in [1.29, 1.82) is 0 Å². The van der Waals surface area contributed by atoms with Crippen molar-refractivity contribution in [2.24, 2.45) is 0 Å². The maximum absolute atomic E-state index is 6.25. The van der Waals surface area contributed by atoms with E-state index in [1.165, 1.54) is 27.8 Å². The van der Waals surface area contributed by atoms with Crippen LogP contribution in [0.15, 0.2) is 133 Å². The highest BCUT2D eigenvalue weighted by Crippen LogP contribution is 2.34. The lowest BCUT2D eigenvalue weighted by atomic mass is 9.85. The Kier molecular flexibility index (Phi) is 9.21. The van der Waals surface area contributed by atoms with Gasteiger partial charge in [0.05, 0.1) is 0 Å². The number of rotatable bonds is 11. The summed E-state index contributed by atoms with van der Waals surface area (Å²) in [4.78, 5) is 0. The molecule has 0 heterocycles. The van der Waals surface area contributed by atoms with Gasteiger partial charge in [0, 0.05) is 34.4 Å². The van der Waals surface area contributed by atoms with Crippen molar-refractivity contribution in [3.8, 4) is 0 Å². The average molecular weight is 545 g/mol. The first kappa shape index (κ1) is 27.6. The predicted molar refractivity (Wildman–Crippen MR) is 172 cm³/mol. The normalized spacial score (nSPS) is 13.3. The van der Waals surface area contributed by atoms with E-state index in [0.717, 1.165) is 29.2 Å². The minimum atomic E-state index is 0.115. The zero-order valence-corrected chi connectivity index (χ0v) is 24.0. The zero-order valence-electron chi connectivity index (χ0n) is 23.2. The zero-order chi connectivity index (χ0) is 27.7. The monoisotopic (exact) mass is 544 g/mol. The number of halogens is 1. The second-order valence-electron chi connectivity index (χ2n) is 10.7. The van der Waals surface area contributed by atoms with Crippen molar-refractivity contribution in [3.05, 3.63) is 166 Å². The molecule has 0 saturated heterocycles. The Labute approximate surface area is 244 Å². The number of benzene rings is 5. The molecule has 5 rings (SSSR count). The first-order chi connectivity index (χ1) is 19.5. The fourth-order valence-electron chi connectivity index (χ4n) is 5.38. The van der Waals surface area contributed by atoms with Crippen molar-refractivity contribution < 1.29 is 0 Å². The Morgan fingerprint density at radius 2 is 0.825 bits per heavy atom. The summed E-state index contributed by atoms with van der Waals surface area (Å²) in [6.45, 7) is 4.46. The second kappa shape index (κ2) is 13.4. The highest BCUT2D eigenvalue weighted by atomic mass is 35.5. The third-order valence-electron chi connectivity index (χ3n) is 7.29. The molecule has 0 spiro atoms. The maximum Gasteiger partial charge on any atom is 0.0406 e. The lowest BCUT2D eigenvalue weighted by Crippen LogP contribution is -2.18. The summed E-state index contributed by atoms with van der Waals surface area (Å²) >= 11 is 6.25. The highest BCUT2D eigenvalue weighted by molar-refractivity contribution is 6.30. The molecule has 3 heteroatoms. The predicted octanol–water partition coefficient (Wildman–Crippen LogP) is 9.61. The Morgan fingerprint density at radius 3 is 1.20 bits per heavy atom. The summed E-state index contributed by atoms with van der Waals surface area (Å²) in [5.41, 5.74) is 8.68. The molecular weight excluding hydrogens is 508 g/mol. The van der Waals surface area contributed by atoms with E-state index >= 15 is 0 Å². The number of nitrogens with one attached hydrogen (secondary N) is 2. The molecule has 2 N–H and O–H groups in total. The van der Waals surface area contributed by atoms with Gasteiger partial charge in [-0.2, -0.15) is 0 Å². The van der Waals surface area contributed by atoms with Crippen molar-refractivity contribution in [2.75, 3.05) is 10.6 Å². The number of anilines is 2. The summed E-state index contributed by atoms with van der Waals surface area (Å²) < 4.78 is 0. The Morgan fingerprint density at radius 1 is 0.475 bits per heavy atom. The number of hydrogen-bond acceptors (Lipinski definition) is 2. The Balaban J connectivity index is 1.31. The van der Waals surface area contributed by atoms with Gasteiger partial charge in [-0.05, 0) is 90.9 Å². The smallest absolute Gasteiger partial charge is 0.0406 e. The van der Waals surface area contributed by atoms with Crippen LogP contribution < -0.4 is 10.6 Å². The van der Waals surface area contributed by atoms with E-state index in [-0.39, 0.29) is 5.92 Å². The van der Waals surface area contributed by atoms with Crippen LogP contribution in [0.3, 0.4) is 0 Å². The third-order valence-corrected chi connectivity index (χ3v) is 7.54. The van der Waals surface area contributed by atoms with Gasteiger partial charge in [0.1, 0.15) is 0 Å². The van der Waals surface area contributed by atoms with Crippen LogP contribution in [-0.2, 0) is 12.8 Å². The quantitative estimate of drug-likeness (QED) is 0.162. The van der Waals surface area contributed by atoms with Gasteiger partial charge in [-0.1, -0.05) is 109 Å².